The lowest BCUT2D eigenvalue weighted by Gasteiger charge is -2.03. The lowest BCUT2D eigenvalue weighted by Crippen LogP contribution is -1.98. The van der Waals surface area contributed by atoms with Crippen molar-refractivity contribution in [1.29, 1.82) is 0 Å². The summed E-state index contributed by atoms with van der Waals surface area (Å²) in [6.07, 6.45) is 16.7. The first-order valence-corrected chi connectivity index (χ1v) is 7.76. The molecule has 0 aromatic carbocycles. The van der Waals surface area contributed by atoms with E-state index in [2.05, 4.69) is 19.9 Å². The fourth-order valence-electron chi connectivity index (χ4n) is 1.78. The molecule has 0 N–H and O–H groups in total. The van der Waals surface area contributed by atoms with Gasteiger partial charge >= 0.3 is 0 Å². The summed E-state index contributed by atoms with van der Waals surface area (Å²) in [6.45, 7) is 5.70. The van der Waals surface area contributed by atoms with Gasteiger partial charge in [0.05, 0.1) is 12.9 Å². The molecule has 0 aliphatic rings. The van der Waals surface area contributed by atoms with Crippen LogP contribution in [0.3, 0.4) is 0 Å². The Bertz CT molecular complexity index is 166. The maximum Gasteiger partial charge on any atom is 0.188 e. The molecule has 0 radical (unpaired) electrons. The van der Waals surface area contributed by atoms with Gasteiger partial charge in [-0.1, -0.05) is 58.8 Å². The van der Waals surface area contributed by atoms with Gasteiger partial charge in [0.25, 0.3) is 0 Å². The second-order valence-corrected chi connectivity index (χ2v) is 4.83. The van der Waals surface area contributed by atoms with Crippen molar-refractivity contribution >= 4 is 0 Å². The third-order valence-corrected chi connectivity index (χ3v) is 2.96. The van der Waals surface area contributed by atoms with Crippen molar-refractivity contribution in [3.05, 3.63) is 12.3 Å². The van der Waals surface area contributed by atoms with Gasteiger partial charge in [0.2, 0.25) is 0 Å². The van der Waals surface area contributed by atoms with Gasteiger partial charge in [0, 0.05) is 0 Å². The molecule has 0 rings (SSSR count). The van der Waals surface area contributed by atoms with E-state index in [-0.39, 0.29) is 0 Å². The molecule has 0 unspecified atom stereocenters. The van der Waals surface area contributed by atoms with Crippen LogP contribution in [0.15, 0.2) is 12.3 Å². The highest BCUT2D eigenvalue weighted by atomic mass is 16.7. The quantitative estimate of drug-likeness (QED) is 0.234. The number of hydrogen-bond donors (Lipinski definition) is 0. The zero-order chi connectivity index (χ0) is 13.3. The molecule has 0 saturated carbocycles. The van der Waals surface area contributed by atoms with Crippen LogP contribution in [0.5, 0.6) is 0 Å². The molecule has 0 atom stereocenters. The van der Waals surface area contributed by atoms with Crippen molar-refractivity contribution in [2.75, 3.05) is 13.4 Å². The first-order chi connectivity index (χ1) is 8.91. The molecule has 18 heavy (non-hydrogen) atoms. The zero-order valence-corrected chi connectivity index (χ0v) is 12.5. The summed E-state index contributed by atoms with van der Waals surface area (Å²) in [5.41, 5.74) is 0. The van der Waals surface area contributed by atoms with E-state index in [4.69, 9.17) is 9.47 Å². The van der Waals surface area contributed by atoms with Crippen LogP contribution >= 0.6 is 0 Å². The van der Waals surface area contributed by atoms with Gasteiger partial charge < -0.3 is 9.47 Å². The van der Waals surface area contributed by atoms with Crippen molar-refractivity contribution in [3.63, 3.8) is 0 Å². The lowest BCUT2D eigenvalue weighted by atomic mass is 10.1. The largest absolute Gasteiger partial charge is 0.475 e. The standard InChI is InChI=1S/C16H32O2/c1-3-5-7-9-11-13-15-18-16-17-14-12-10-8-6-4-2/h12,14H,3-11,13,15-16H2,1-2H3. The molecular weight excluding hydrogens is 224 g/mol. The summed E-state index contributed by atoms with van der Waals surface area (Å²) >= 11 is 0. The highest BCUT2D eigenvalue weighted by Crippen LogP contribution is 2.05. The molecule has 0 saturated heterocycles. The van der Waals surface area contributed by atoms with E-state index in [1.54, 1.807) is 6.26 Å². The molecule has 0 aromatic rings. The predicted octanol–water partition coefficient (Wildman–Crippen LogP) is 5.43. The third-order valence-electron chi connectivity index (χ3n) is 2.96. The molecule has 0 heterocycles. The van der Waals surface area contributed by atoms with Crippen LogP contribution in [0, 0.1) is 0 Å². The van der Waals surface area contributed by atoms with Gasteiger partial charge in [-0.3, -0.25) is 0 Å². The first-order valence-electron chi connectivity index (χ1n) is 7.76. The minimum atomic E-state index is 0.402. The second-order valence-electron chi connectivity index (χ2n) is 4.83. The summed E-state index contributed by atoms with van der Waals surface area (Å²) in [6, 6.07) is 0. The minimum Gasteiger partial charge on any atom is -0.475 e. The second kappa shape index (κ2) is 16.5. The van der Waals surface area contributed by atoms with Gasteiger partial charge in [-0.05, 0) is 25.3 Å². The van der Waals surface area contributed by atoms with Gasteiger partial charge in [-0.15, -0.1) is 0 Å². The Morgan fingerprint density at radius 3 is 2.22 bits per heavy atom. The molecule has 2 nitrogen and oxygen atoms in total. The van der Waals surface area contributed by atoms with Gasteiger partial charge in [-0.25, -0.2) is 0 Å². The Labute approximate surface area is 114 Å². The van der Waals surface area contributed by atoms with Crippen molar-refractivity contribution in [1.82, 2.24) is 0 Å². The van der Waals surface area contributed by atoms with Gasteiger partial charge in [-0.2, -0.15) is 0 Å². The van der Waals surface area contributed by atoms with Crippen LogP contribution in [0.4, 0.5) is 0 Å². The Balaban J connectivity index is 2.98. The van der Waals surface area contributed by atoms with Crippen molar-refractivity contribution < 1.29 is 9.47 Å². The fraction of sp³-hybridized carbons (Fsp3) is 0.875. The van der Waals surface area contributed by atoms with Crippen LogP contribution < -0.4 is 0 Å². The minimum absolute atomic E-state index is 0.402. The lowest BCUT2D eigenvalue weighted by molar-refractivity contribution is -0.0128. The average molecular weight is 256 g/mol. The smallest absolute Gasteiger partial charge is 0.188 e. The molecule has 0 fully saturated rings. The van der Waals surface area contributed by atoms with E-state index >= 15 is 0 Å². The molecule has 0 bridgehead atoms. The van der Waals surface area contributed by atoms with Crippen LogP contribution in [0.25, 0.3) is 0 Å². The van der Waals surface area contributed by atoms with E-state index in [1.165, 1.54) is 51.4 Å². The number of unbranched alkanes of at least 4 members (excludes halogenated alkanes) is 8. The number of allylic oxidation sites excluding steroid dienone is 1. The Hall–Kier alpha value is -0.500. The monoisotopic (exact) mass is 256 g/mol. The van der Waals surface area contributed by atoms with E-state index in [0.717, 1.165) is 19.4 Å². The van der Waals surface area contributed by atoms with E-state index in [0.29, 0.717) is 6.79 Å². The molecule has 0 spiro atoms. The summed E-state index contributed by atoms with van der Waals surface area (Å²) in [7, 11) is 0. The zero-order valence-electron chi connectivity index (χ0n) is 12.5. The van der Waals surface area contributed by atoms with Crippen molar-refractivity contribution in [2.45, 2.75) is 78.1 Å². The number of ether oxygens (including phenoxy) is 2. The molecule has 0 aliphatic heterocycles. The Kier molecular flexibility index (Phi) is 16.0. The molecule has 108 valence electrons. The van der Waals surface area contributed by atoms with E-state index < -0.39 is 0 Å². The predicted molar refractivity (Wildman–Crippen MR) is 78.6 cm³/mol. The average Bonchev–Trinajstić information content (AvgIpc) is 2.39. The van der Waals surface area contributed by atoms with Crippen LogP contribution in [-0.4, -0.2) is 13.4 Å². The normalized spacial score (nSPS) is 11.2. The SMILES string of the molecule is CCCCCC=COCOCCCCCCCC. The van der Waals surface area contributed by atoms with E-state index in [9.17, 15) is 0 Å². The van der Waals surface area contributed by atoms with Crippen LogP contribution in [0.1, 0.15) is 78.1 Å². The molecule has 0 amide bonds. The molecule has 0 aromatic heterocycles. The van der Waals surface area contributed by atoms with Crippen molar-refractivity contribution in [2.24, 2.45) is 0 Å². The maximum absolute atomic E-state index is 5.39. The van der Waals surface area contributed by atoms with Crippen LogP contribution in [-0.2, 0) is 9.47 Å². The first kappa shape index (κ1) is 17.5. The summed E-state index contributed by atoms with van der Waals surface area (Å²) < 4.78 is 10.7. The fourth-order valence-corrected chi connectivity index (χ4v) is 1.78. The Morgan fingerprint density at radius 1 is 0.778 bits per heavy atom. The molecular formula is C16H32O2. The Morgan fingerprint density at radius 2 is 1.44 bits per heavy atom. The van der Waals surface area contributed by atoms with Crippen molar-refractivity contribution in [3.8, 4) is 0 Å². The highest BCUT2D eigenvalue weighted by molar-refractivity contribution is 4.72. The third kappa shape index (κ3) is 15.5. The summed E-state index contributed by atoms with van der Waals surface area (Å²) in [5, 5.41) is 0. The molecule has 2 heteroatoms. The van der Waals surface area contributed by atoms with Gasteiger partial charge in [0.15, 0.2) is 6.79 Å². The summed E-state index contributed by atoms with van der Waals surface area (Å²) in [5.74, 6) is 0. The summed E-state index contributed by atoms with van der Waals surface area (Å²) in [4.78, 5) is 0. The molecule has 0 aliphatic carbocycles. The van der Waals surface area contributed by atoms with Gasteiger partial charge in [0.1, 0.15) is 0 Å². The number of rotatable bonds is 14. The van der Waals surface area contributed by atoms with Crippen LogP contribution in [0.2, 0.25) is 0 Å². The highest BCUT2D eigenvalue weighted by Gasteiger charge is 1.90. The van der Waals surface area contributed by atoms with E-state index in [1.807, 2.05) is 0 Å². The topological polar surface area (TPSA) is 18.5 Å². The maximum atomic E-state index is 5.39. The number of hydrogen-bond acceptors (Lipinski definition) is 2.